The highest BCUT2D eigenvalue weighted by Gasteiger charge is 2.35. The maximum Gasteiger partial charge on any atom is 0.300 e. The maximum atomic E-state index is 12.0. The van der Waals surface area contributed by atoms with Crippen LogP contribution in [-0.4, -0.2) is 51.4 Å². The van der Waals surface area contributed by atoms with E-state index in [1.807, 2.05) is 29.8 Å². The van der Waals surface area contributed by atoms with Crippen LogP contribution in [0.5, 0.6) is 0 Å². The molecule has 1 aliphatic rings. The molecule has 0 saturated heterocycles. The molecule has 0 N–H and O–H groups in total. The van der Waals surface area contributed by atoms with Crippen LogP contribution in [0.1, 0.15) is 36.6 Å². The first kappa shape index (κ1) is 22.1. The van der Waals surface area contributed by atoms with E-state index in [0.717, 1.165) is 11.1 Å². The molecule has 1 unspecified atom stereocenters. The highest BCUT2D eigenvalue weighted by Crippen LogP contribution is 2.29. The van der Waals surface area contributed by atoms with Gasteiger partial charge in [-0.1, -0.05) is 47.5 Å². The Labute approximate surface area is 182 Å². The zero-order valence-electron chi connectivity index (χ0n) is 17.9. The fourth-order valence-electron chi connectivity index (χ4n) is 3.81. The number of rotatable bonds is 7. The van der Waals surface area contributed by atoms with E-state index in [-0.39, 0.29) is 23.2 Å². The summed E-state index contributed by atoms with van der Waals surface area (Å²) in [7, 11) is 1.91. The van der Waals surface area contributed by atoms with Gasteiger partial charge in [-0.3, -0.25) is 15.0 Å². The quantitative estimate of drug-likeness (QED) is 0.372. The molecule has 7 nitrogen and oxygen atoms in total. The van der Waals surface area contributed by atoms with Crippen LogP contribution in [0, 0.1) is 17.0 Å². The van der Waals surface area contributed by atoms with Crippen molar-refractivity contribution in [2.75, 3.05) is 26.8 Å². The molecule has 8 heteroatoms. The number of aryl methyl sites for hydroxylation is 1. The van der Waals surface area contributed by atoms with Crippen LogP contribution in [0.4, 0.5) is 0 Å². The van der Waals surface area contributed by atoms with Crippen molar-refractivity contribution < 1.29 is 4.92 Å². The van der Waals surface area contributed by atoms with Crippen molar-refractivity contribution in [1.82, 2.24) is 19.7 Å². The fourth-order valence-corrected chi connectivity index (χ4v) is 3.92. The highest BCUT2D eigenvalue weighted by atomic mass is 35.5. The molecule has 160 valence electrons. The van der Waals surface area contributed by atoms with Crippen molar-refractivity contribution >= 4 is 11.6 Å². The minimum absolute atomic E-state index is 0.0695. The largest absolute Gasteiger partial charge is 0.349 e. The van der Waals surface area contributed by atoms with Crippen LogP contribution in [0.15, 0.2) is 54.1 Å². The van der Waals surface area contributed by atoms with Gasteiger partial charge in [0.2, 0.25) is 0 Å². The van der Waals surface area contributed by atoms with Crippen LogP contribution in [0.3, 0.4) is 0 Å². The summed E-state index contributed by atoms with van der Waals surface area (Å²) in [4.78, 5) is 22.0. The average Bonchev–Trinajstić information content (AvgIpc) is 2.73. The minimum atomic E-state index is -0.247. The van der Waals surface area contributed by atoms with Gasteiger partial charge in [0, 0.05) is 32.4 Å². The molecular weight excluding hydrogens is 402 g/mol. The van der Waals surface area contributed by atoms with E-state index in [9.17, 15) is 10.1 Å². The molecule has 1 aromatic heterocycles. The van der Waals surface area contributed by atoms with Crippen molar-refractivity contribution in [2.45, 2.75) is 33.4 Å². The Morgan fingerprint density at radius 2 is 1.97 bits per heavy atom. The number of nitro groups is 1. The van der Waals surface area contributed by atoms with Gasteiger partial charge in [0.1, 0.15) is 5.15 Å². The monoisotopic (exact) mass is 429 g/mol. The van der Waals surface area contributed by atoms with Gasteiger partial charge in [-0.25, -0.2) is 4.98 Å². The van der Waals surface area contributed by atoms with E-state index in [2.05, 4.69) is 48.0 Å². The molecule has 30 heavy (non-hydrogen) atoms. The topological polar surface area (TPSA) is 65.8 Å². The summed E-state index contributed by atoms with van der Waals surface area (Å²) in [5.74, 6) is 0.657. The molecule has 3 rings (SSSR count). The van der Waals surface area contributed by atoms with Gasteiger partial charge in [0.15, 0.2) is 5.82 Å². The highest BCUT2D eigenvalue weighted by molar-refractivity contribution is 6.29. The second-order valence-corrected chi connectivity index (χ2v) is 8.09. The Balaban J connectivity index is 1.88. The summed E-state index contributed by atoms with van der Waals surface area (Å²) < 4.78 is 0. The molecule has 0 aliphatic carbocycles. The predicted octanol–water partition coefficient (Wildman–Crippen LogP) is 4.28. The Bertz CT molecular complexity index is 914. The minimum Gasteiger partial charge on any atom is -0.349 e. The third-order valence-corrected chi connectivity index (χ3v) is 5.76. The summed E-state index contributed by atoms with van der Waals surface area (Å²) in [6.07, 6.45) is 1.71. The van der Waals surface area contributed by atoms with Gasteiger partial charge in [0.05, 0.1) is 18.1 Å². The first-order chi connectivity index (χ1) is 14.3. The fraction of sp³-hybridized carbons (Fsp3) is 0.409. The van der Waals surface area contributed by atoms with Crippen LogP contribution >= 0.6 is 11.6 Å². The lowest BCUT2D eigenvalue weighted by Gasteiger charge is -2.41. The average molecular weight is 430 g/mol. The molecule has 0 bridgehead atoms. The molecule has 0 spiro atoms. The Hall–Kier alpha value is -2.64. The van der Waals surface area contributed by atoms with E-state index >= 15 is 0 Å². The summed E-state index contributed by atoms with van der Waals surface area (Å²) in [6.45, 7) is 8.23. The summed E-state index contributed by atoms with van der Waals surface area (Å²) in [5, 5.41) is 12.4. The number of pyridine rings is 1. The third-order valence-electron chi connectivity index (χ3n) is 5.54. The molecule has 2 aromatic rings. The van der Waals surface area contributed by atoms with Crippen LogP contribution in [-0.2, 0) is 6.54 Å². The zero-order chi connectivity index (χ0) is 21.8. The number of hydrogen-bond acceptors (Lipinski definition) is 6. The van der Waals surface area contributed by atoms with Crippen molar-refractivity contribution in [3.8, 4) is 0 Å². The lowest BCUT2D eigenvalue weighted by molar-refractivity contribution is -0.434. The Kier molecular flexibility index (Phi) is 6.95. The Morgan fingerprint density at radius 1 is 1.27 bits per heavy atom. The van der Waals surface area contributed by atoms with Crippen molar-refractivity contribution in [3.05, 3.63) is 86.1 Å². The first-order valence-corrected chi connectivity index (χ1v) is 10.4. The molecule has 0 saturated carbocycles. The normalized spacial score (nSPS) is 16.0. The summed E-state index contributed by atoms with van der Waals surface area (Å²) in [6, 6.07) is 12.1. The van der Waals surface area contributed by atoms with E-state index in [4.69, 9.17) is 11.6 Å². The molecule has 1 atom stereocenters. The lowest BCUT2D eigenvalue weighted by Crippen LogP contribution is -2.48. The van der Waals surface area contributed by atoms with E-state index < -0.39 is 0 Å². The van der Waals surface area contributed by atoms with Crippen molar-refractivity contribution in [1.29, 1.82) is 0 Å². The van der Waals surface area contributed by atoms with Crippen molar-refractivity contribution in [2.24, 2.45) is 0 Å². The number of halogens is 1. The number of nitrogens with zero attached hydrogens (tertiary/aromatic N) is 5. The van der Waals surface area contributed by atoms with Gasteiger partial charge in [-0.15, -0.1) is 0 Å². The number of aromatic nitrogens is 1. The molecular formula is C22H28ClN5O2. The maximum absolute atomic E-state index is 12.0. The van der Waals surface area contributed by atoms with Gasteiger partial charge in [0.25, 0.3) is 5.70 Å². The van der Waals surface area contributed by atoms with Crippen LogP contribution < -0.4 is 0 Å². The van der Waals surface area contributed by atoms with Crippen molar-refractivity contribution in [3.63, 3.8) is 0 Å². The third kappa shape index (κ3) is 4.91. The zero-order valence-corrected chi connectivity index (χ0v) is 18.6. The standard InChI is InChI=1S/C22H28ClN5O2/c1-5-26(13-18-8-11-21(23)24-12-18)22-20(28(29)30)14-27(15-25(22)4)17(3)19-9-6-16(2)7-10-19/h6-12,17H,5,13-15H2,1-4H3. The van der Waals surface area contributed by atoms with Gasteiger partial charge < -0.3 is 9.80 Å². The molecule has 0 radical (unpaired) electrons. The molecule has 1 aliphatic heterocycles. The first-order valence-electron chi connectivity index (χ1n) is 10.0. The van der Waals surface area contributed by atoms with Gasteiger partial charge in [-0.05, 0) is 38.0 Å². The Morgan fingerprint density at radius 3 is 2.53 bits per heavy atom. The van der Waals surface area contributed by atoms with E-state index in [0.29, 0.717) is 30.7 Å². The van der Waals surface area contributed by atoms with Gasteiger partial charge in [-0.2, -0.15) is 0 Å². The van der Waals surface area contributed by atoms with Crippen LogP contribution in [0.2, 0.25) is 5.15 Å². The van der Waals surface area contributed by atoms with E-state index in [1.165, 1.54) is 5.56 Å². The summed E-state index contributed by atoms with van der Waals surface area (Å²) in [5.41, 5.74) is 3.52. The van der Waals surface area contributed by atoms with E-state index in [1.54, 1.807) is 12.3 Å². The number of hydrogen-bond donors (Lipinski definition) is 0. The summed E-state index contributed by atoms with van der Waals surface area (Å²) >= 11 is 5.89. The smallest absolute Gasteiger partial charge is 0.300 e. The number of benzene rings is 1. The molecule has 0 fully saturated rings. The molecule has 0 amide bonds. The lowest BCUT2D eigenvalue weighted by atomic mass is 10.0. The predicted molar refractivity (Wildman–Crippen MR) is 118 cm³/mol. The second-order valence-electron chi connectivity index (χ2n) is 7.70. The molecule has 1 aromatic carbocycles. The van der Waals surface area contributed by atoms with Gasteiger partial charge >= 0.3 is 0 Å². The second kappa shape index (κ2) is 9.45. The molecule has 2 heterocycles. The van der Waals surface area contributed by atoms with Crippen LogP contribution in [0.25, 0.3) is 0 Å². The SMILES string of the molecule is CCN(Cc1ccc(Cl)nc1)C1=C([N+](=O)[O-])CN(C(C)c2ccc(C)cc2)CN1C.